The van der Waals surface area contributed by atoms with Gasteiger partial charge in [-0.1, -0.05) is 20.9 Å². The second kappa shape index (κ2) is 5.09. The van der Waals surface area contributed by atoms with Crippen LogP contribution in [0.3, 0.4) is 0 Å². The molecular formula is C9H13BrN4O3. The van der Waals surface area contributed by atoms with Crippen LogP contribution in [0.25, 0.3) is 0 Å². The van der Waals surface area contributed by atoms with Gasteiger partial charge in [0.25, 0.3) is 0 Å². The monoisotopic (exact) mass is 304 g/mol. The molecule has 1 aliphatic rings. The quantitative estimate of drug-likeness (QED) is 0.477. The van der Waals surface area contributed by atoms with Gasteiger partial charge in [-0.15, -0.1) is 0 Å². The average Bonchev–Trinajstić information content (AvgIpc) is 2.79. The zero-order valence-electron chi connectivity index (χ0n) is 9.21. The van der Waals surface area contributed by atoms with Gasteiger partial charge >= 0.3 is 5.95 Å². The number of alkyl halides is 1. The smallest absolute Gasteiger partial charge is 0.390 e. The van der Waals surface area contributed by atoms with Crippen molar-refractivity contribution in [2.24, 2.45) is 5.41 Å². The third-order valence-corrected chi connectivity index (χ3v) is 4.21. The molecule has 17 heavy (non-hydrogen) atoms. The molecule has 0 unspecified atom stereocenters. The van der Waals surface area contributed by atoms with Gasteiger partial charge in [0.05, 0.1) is 6.54 Å². The number of ether oxygens (including phenoxy) is 1. The second-order valence-corrected chi connectivity index (χ2v) is 4.81. The molecule has 0 N–H and O–H groups in total. The first-order chi connectivity index (χ1) is 8.15. The summed E-state index contributed by atoms with van der Waals surface area (Å²) >= 11 is 3.51. The molecule has 1 fully saturated rings. The lowest BCUT2D eigenvalue weighted by atomic mass is 9.82. The molecule has 0 radical (unpaired) electrons. The normalized spacial score (nSPS) is 19.1. The molecule has 0 spiro atoms. The van der Waals surface area contributed by atoms with E-state index in [9.17, 15) is 10.1 Å². The summed E-state index contributed by atoms with van der Waals surface area (Å²) in [5.41, 5.74) is 0.0554. The molecule has 1 aliphatic heterocycles. The van der Waals surface area contributed by atoms with Crippen LogP contribution in [-0.4, -0.2) is 38.2 Å². The summed E-state index contributed by atoms with van der Waals surface area (Å²) in [6.07, 6.45) is 3.26. The van der Waals surface area contributed by atoms with Crippen molar-refractivity contribution in [3.63, 3.8) is 0 Å². The fraction of sp³-hybridized carbons (Fsp3) is 0.778. The van der Waals surface area contributed by atoms with Gasteiger partial charge in [0.1, 0.15) is 0 Å². The van der Waals surface area contributed by atoms with Crippen molar-refractivity contribution >= 4 is 21.9 Å². The Balaban J connectivity index is 2.09. The standard InChI is InChI=1S/C9H13BrN4O3/c10-5-9(1-3-17-4-2-9)6-13-7-11-8(12-13)14(15)16/h7H,1-6H2. The summed E-state index contributed by atoms with van der Waals surface area (Å²) in [7, 11) is 0. The molecule has 8 heteroatoms. The summed E-state index contributed by atoms with van der Waals surface area (Å²) < 4.78 is 6.88. The van der Waals surface area contributed by atoms with Gasteiger partial charge in [0.15, 0.2) is 0 Å². The number of hydrogen-bond acceptors (Lipinski definition) is 5. The Bertz CT molecular complexity index is 403. The molecule has 1 saturated heterocycles. The van der Waals surface area contributed by atoms with Gasteiger partial charge in [-0.05, 0) is 17.8 Å². The van der Waals surface area contributed by atoms with Gasteiger partial charge in [-0.25, -0.2) is 0 Å². The summed E-state index contributed by atoms with van der Waals surface area (Å²) in [6.45, 7) is 2.08. The lowest BCUT2D eigenvalue weighted by molar-refractivity contribution is -0.394. The van der Waals surface area contributed by atoms with E-state index in [1.807, 2.05) is 0 Å². The second-order valence-electron chi connectivity index (χ2n) is 4.25. The van der Waals surface area contributed by atoms with E-state index in [1.165, 1.54) is 6.33 Å². The maximum atomic E-state index is 10.5. The molecule has 0 atom stereocenters. The maximum Gasteiger partial charge on any atom is 0.490 e. The van der Waals surface area contributed by atoms with Gasteiger partial charge in [-0.3, -0.25) is 0 Å². The molecular weight excluding hydrogens is 292 g/mol. The number of hydrogen-bond donors (Lipinski definition) is 0. The van der Waals surface area contributed by atoms with Crippen molar-refractivity contribution in [2.45, 2.75) is 19.4 Å². The Morgan fingerprint density at radius 1 is 1.59 bits per heavy atom. The molecule has 0 aromatic carbocycles. The highest BCUT2D eigenvalue weighted by atomic mass is 79.9. The summed E-state index contributed by atoms with van der Waals surface area (Å²) in [6, 6.07) is 0. The molecule has 1 aromatic heterocycles. The van der Waals surface area contributed by atoms with E-state index in [4.69, 9.17) is 4.74 Å². The first kappa shape index (κ1) is 12.4. The van der Waals surface area contributed by atoms with Crippen LogP contribution in [0.15, 0.2) is 6.33 Å². The lowest BCUT2D eigenvalue weighted by Crippen LogP contribution is -2.35. The number of halogens is 1. The third kappa shape index (κ3) is 2.81. The molecule has 0 amide bonds. The summed E-state index contributed by atoms with van der Waals surface area (Å²) in [5.74, 6) is -0.346. The topological polar surface area (TPSA) is 83.1 Å². The lowest BCUT2D eigenvalue weighted by Gasteiger charge is -2.34. The zero-order valence-corrected chi connectivity index (χ0v) is 10.8. The first-order valence-corrected chi connectivity index (χ1v) is 6.45. The van der Waals surface area contributed by atoms with Crippen LogP contribution in [-0.2, 0) is 11.3 Å². The van der Waals surface area contributed by atoms with Crippen molar-refractivity contribution in [3.8, 4) is 0 Å². The fourth-order valence-electron chi connectivity index (χ4n) is 1.93. The number of nitrogens with zero attached hydrogens (tertiary/aromatic N) is 4. The van der Waals surface area contributed by atoms with Crippen LogP contribution in [0.4, 0.5) is 5.95 Å². The predicted octanol–water partition coefficient (Wildman–Crippen LogP) is 1.38. The summed E-state index contributed by atoms with van der Waals surface area (Å²) in [4.78, 5) is 13.6. The van der Waals surface area contributed by atoms with Crippen LogP contribution in [0.5, 0.6) is 0 Å². The first-order valence-electron chi connectivity index (χ1n) is 5.33. The van der Waals surface area contributed by atoms with E-state index in [0.29, 0.717) is 6.54 Å². The van der Waals surface area contributed by atoms with Crippen LogP contribution in [0.2, 0.25) is 0 Å². The Kier molecular flexibility index (Phi) is 3.72. The van der Waals surface area contributed by atoms with Gasteiger partial charge in [0, 0.05) is 29.1 Å². The van der Waals surface area contributed by atoms with Crippen molar-refractivity contribution in [3.05, 3.63) is 16.4 Å². The minimum atomic E-state index is -0.582. The maximum absolute atomic E-state index is 10.5. The number of nitro groups is 1. The molecule has 94 valence electrons. The van der Waals surface area contributed by atoms with E-state index >= 15 is 0 Å². The van der Waals surface area contributed by atoms with Crippen molar-refractivity contribution < 1.29 is 9.66 Å². The largest absolute Gasteiger partial charge is 0.490 e. The molecule has 1 aromatic rings. The molecule has 0 saturated carbocycles. The molecule has 2 heterocycles. The fourth-order valence-corrected chi connectivity index (χ4v) is 2.66. The minimum absolute atomic E-state index is 0.0554. The van der Waals surface area contributed by atoms with E-state index < -0.39 is 4.92 Å². The van der Waals surface area contributed by atoms with Gasteiger partial charge < -0.3 is 14.9 Å². The third-order valence-electron chi connectivity index (χ3n) is 3.02. The number of aromatic nitrogens is 3. The van der Waals surface area contributed by atoms with E-state index in [2.05, 4.69) is 26.0 Å². The molecule has 0 aliphatic carbocycles. The Morgan fingerprint density at radius 2 is 2.29 bits per heavy atom. The van der Waals surface area contributed by atoms with Gasteiger partial charge in [0.2, 0.25) is 6.33 Å². The van der Waals surface area contributed by atoms with Crippen LogP contribution >= 0.6 is 15.9 Å². The van der Waals surface area contributed by atoms with E-state index in [0.717, 1.165) is 31.4 Å². The molecule has 7 nitrogen and oxygen atoms in total. The highest BCUT2D eigenvalue weighted by Crippen LogP contribution is 2.34. The van der Waals surface area contributed by atoms with Crippen molar-refractivity contribution in [1.29, 1.82) is 0 Å². The molecule has 2 rings (SSSR count). The minimum Gasteiger partial charge on any atom is -0.390 e. The Morgan fingerprint density at radius 3 is 2.82 bits per heavy atom. The Labute approximate surface area is 106 Å². The SMILES string of the molecule is O=[N+]([O-])c1ncn(CC2(CBr)CCOCC2)n1. The molecule has 0 bridgehead atoms. The Hall–Kier alpha value is -1.02. The summed E-state index contributed by atoms with van der Waals surface area (Å²) in [5, 5.41) is 15.2. The average molecular weight is 305 g/mol. The highest BCUT2D eigenvalue weighted by molar-refractivity contribution is 9.09. The van der Waals surface area contributed by atoms with Crippen LogP contribution < -0.4 is 0 Å². The van der Waals surface area contributed by atoms with Crippen molar-refractivity contribution in [1.82, 2.24) is 14.8 Å². The number of rotatable bonds is 4. The van der Waals surface area contributed by atoms with E-state index in [1.54, 1.807) is 4.68 Å². The van der Waals surface area contributed by atoms with Crippen LogP contribution in [0.1, 0.15) is 12.8 Å². The zero-order chi connectivity index (χ0) is 12.3. The van der Waals surface area contributed by atoms with E-state index in [-0.39, 0.29) is 11.4 Å². The predicted molar refractivity (Wildman–Crippen MR) is 63.0 cm³/mol. The van der Waals surface area contributed by atoms with Crippen LogP contribution in [0, 0.1) is 15.5 Å². The highest BCUT2D eigenvalue weighted by Gasteiger charge is 2.33. The van der Waals surface area contributed by atoms with Crippen molar-refractivity contribution in [2.75, 3.05) is 18.5 Å². The van der Waals surface area contributed by atoms with Gasteiger partial charge in [-0.2, -0.15) is 4.68 Å².